The first-order valence-corrected chi connectivity index (χ1v) is 4.51. The Kier molecular flexibility index (Phi) is 3.62. The van der Waals surface area contributed by atoms with E-state index in [1.54, 1.807) is 12.1 Å². The van der Waals surface area contributed by atoms with Crippen molar-refractivity contribution in [1.29, 1.82) is 0 Å². The minimum absolute atomic E-state index is 0.161. The Labute approximate surface area is 77.6 Å². The molecule has 0 aliphatic carbocycles. The monoisotopic (exact) mass is 180 g/mol. The fourth-order valence-corrected chi connectivity index (χ4v) is 1.22. The summed E-state index contributed by atoms with van der Waals surface area (Å²) in [7, 11) is 0. The lowest BCUT2D eigenvalue weighted by atomic mass is 10.1. The second kappa shape index (κ2) is 4.75. The molecule has 0 N–H and O–H groups in total. The van der Waals surface area contributed by atoms with Gasteiger partial charge in [0.2, 0.25) is 0 Å². The van der Waals surface area contributed by atoms with Gasteiger partial charge in [0, 0.05) is 0 Å². The molecule has 0 bridgehead atoms. The molecule has 0 spiro atoms. The maximum Gasteiger partial charge on any atom is 0.153 e. The van der Waals surface area contributed by atoms with Crippen molar-refractivity contribution in [3.05, 3.63) is 35.1 Å². The minimum Gasteiger partial charge on any atom is -0.298 e. The number of aryl methyl sites for hydroxylation is 1. The predicted octanol–water partition coefficient (Wildman–Crippen LogP) is 2.98. The third kappa shape index (κ3) is 2.65. The molecule has 0 saturated carbocycles. The predicted molar refractivity (Wildman–Crippen MR) is 50.4 cm³/mol. The van der Waals surface area contributed by atoms with Crippen molar-refractivity contribution < 1.29 is 9.18 Å². The van der Waals surface area contributed by atoms with Gasteiger partial charge in [0.25, 0.3) is 0 Å². The van der Waals surface area contributed by atoms with Crippen LogP contribution in [-0.2, 0) is 6.42 Å². The molecule has 0 radical (unpaired) electrons. The van der Waals surface area contributed by atoms with Gasteiger partial charge >= 0.3 is 0 Å². The highest BCUT2D eigenvalue weighted by molar-refractivity contribution is 5.75. The molecule has 0 fully saturated rings. The van der Waals surface area contributed by atoms with Crippen molar-refractivity contribution in [3.8, 4) is 0 Å². The van der Waals surface area contributed by atoms with Crippen LogP contribution in [0.2, 0.25) is 0 Å². The van der Waals surface area contributed by atoms with E-state index in [1.807, 2.05) is 0 Å². The molecule has 70 valence electrons. The Balaban J connectivity index is 2.80. The van der Waals surface area contributed by atoms with Crippen LogP contribution in [0.1, 0.15) is 35.7 Å². The molecule has 0 aromatic heterocycles. The Bertz CT molecular complexity index is 294. The third-order valence-electron chi connectivity index (χ3n) is 2.01. The van der Waals surface area contributed by atoms with Crippen LogP contribution >= 0.6 is 0 Å². The van der Waals surface area contributed by atoms with Crippen LogP contribution in [0.15, 0.2) is 18.2 Å². The van der Waals surface area contributed by atoms with E-state index in [0.717, 1.165) is 24.8 Å². The maximum atomic E-state index is 12.9. The van der Waals surface area contributed by atoms with E-state index < -0.39 is 5.82 Å². The van der Waals surface area contributed by atoms with Gasteiger partial charge in [0.15, 0.2) is 6.29 Å². The summed E-state index contributed by atoms with van der Waals surface area (Å²) in [6, 6.07) is 4.71. The van der Waals surface area contributed by atoms with Crippen LogP contribution in [0.25, 0.3) is 0 Å². The largest absolute Gasteiger partial charge is 0.298 e. The average molecular weight is 180 g/mol. The minimum atomic E-state index is -0.435. The average Bonchev–Trinajstić information content (AvgIpc) is 2.16. The van der Waals surface area contributed by atoms with Crippen LogP contribution < -0.4 is 0 Å². The first kappa shape index (κ1) is 9.90. The van der Waals surface area contributed by atoms with Crippen molar-refractivity contribution in [3.63, 3.8) is 0 Å². The zero-order valence-electron chi connectivity index (χ0n) is 7.72. The van der Waals surface area contributed by atoms with Gasteiger partial charge < -0.3 is 0 Å². The van der Waals surface area contributed by atoms with E-state index in [4.69, 9.17) is 0 Å². The number of carbonyl (C=O) groups is 1. The molecule has 1 aromatic rings. The highest BCUT2D eigenvalue weighted by Gasteiger charge is 2.01. The Morgan fingerprint density at radius 1 is 1.46 bits per heavy atom. The van der Waals surface area contributed by atoms with Gasteiger partial charge in [-0.3, -0.25) is 4.79 Å². The summed E-state index contributed by atoms with van der Waals surface area (Å²) in [5.41, 5.74) is 1.19. The van der Waals surface area contributed by atoms with Gasteiger partial charge in [-0.1, -0.05) is 19.4 Å². The lowest BCUT2D eigenvalue weighted by Gasteiger charge is -2.01. The fourth-order valence-electron chi connectivity index (χ4n) is 1.22. The quantitative estimate of drug-likeness (QED) is 0.651. The lowest BCUT2D eigenvalue weighted by molar-refractivity contribution is 0.111. The molecule has 0 heterocycles. The van der Waals surface area contributed by atoms with Crippen LogP contribution in [0.3, 0.4) is 0 Å². The lowest BCUT2D eigenvalue weighted by Crippen LogP contribution is -1.91. The SMILES string of the molecule is CCCCc1ccc(F)c(C=O)c1. The van der Waals surface area contributed by atoms with Gasteiger partial charge in [-0.2, -0.15) is 0 Å². The van der Waals surface area contributed by atoms with Gasteiger partial charge in [-0.05, 0) is 30.5 Å². The first-order chi connectivity index (χ1) is 6.27. The van der Waals surface area contributed by atoms with Crippen molar-refractivity contribution >= 4 is 6.29 Å². The maximum absolute atomic E-state index is 12.9. The van der Waals surface area contributed by atoms with Crippen LogP contribution in [0.4, 0.5) is 4.39 Å². The standard InChI is InChI=1S/C11H13FO/c1-2-3-4-9-5-6-11(12)10(7-9)8-13/h5-8H,2-4H2,1H3. The highest BCUT2D eigenvalue weighted by Crippen LogP contribution is 2.10. The molecule has 0 amide bonds. The Hall–Kier alpha value is -1.18. The molecule has 13 heavy (non-hydrogen) atoms. The van der Waals surface area contributed by atoms with Crippen LogP contribution in [0.5, 0.6) is 0 Å². The van der Waals surface area contributed by atoms with Crippen molar-refractivity contribution in [1.82, 2.24) is 0 Å². The molecular formula is C11H13FO. The summed E-state index contributed by atoms with van der Waals surface area (Å²) in [5, 5.41) is 0. The number of aldehydes is 1. The summed E-state index contributed by atoms with van der Waals surface area (Å²) >= 11 is 0. The molecule has 0 unspecified atom stereocenters. The van der Waals surface area contributed by atoms with Crippen molar-refractivity contribution in [2.75, 3.05) is 0 Å². The number of benzene rings is 1. The zero-order chi connectivity index (χ0) is 9.68. The number of hydrogen-bond acceptors (Lipinski definition) is 1. The number of unbranched alkanes of at least 4 members (excludes halogenated alkanes) is 1. The first-order valence-electron chi connectivity index (χ1n) is 4.51. The molecular weight excluding hydrogens is 167 g/mol. The number of halogens is 1. The summed E-state index contributed by atoms with van der Waals surface area (Å²) in [4.78, 5) is 10.4. The smallest absolute Gasteiger partial charge is 0.153 e. The van der Waals surface area contributed by atoms with Gasteiger partial charge in [0.1, 0.15) is 5.82 Å². The molecule has 1 nitrogen and oxygen atoms in total. The normalized spacial score (nSPS) is 10.0. The summed E-state index contributed by atoms with van der Waals surface area (Å²) in [5.74, 6) is -0.435. The molecule has 1 rings (SSSR count). The number of hydrogen-bond donors (Lipinski definition) is 0. The summed E-state index contributed by atoms with van der Waals surface area (Å²) < 4.78 is 12.9. The van der Waals surface area contributed by atoms with Crippen LogP contribution in [-0.4, -0.2) is 6.29 Å². The highest BCUT2D eigenvalue weighted by atomic mass is 19.1. The Morgan fingerprint density at radius 3 is 2.85 bits per heavy atom. The fraction of sp³-hybridized carbons (Fsp3) is 0.364. The van der Waals surface area contributed by atoms with E-state index in [2.05, 4.69) is 6.92 Å². The Morgan fingerprint density at radius 2 is 2.23 bits per heavy atom. The molecule has 0 atom stereocenters. The van der Waals surface area contributed by atoms with E-state index >= 15 is 0 Å². The van der Waals surface area contributed by atoms with E-state index in [-0.39, 0.29) is 5.56 Å². The number of carbonyl (C=O) groups excluding carboxylic acids is 1. The van der Waals surface area contributed by atoms with Crippen molar-refractivity contribution in [2.24, 2.45) is 0 Å². The molecule has 2 heteroatoms. The number of rotatable bonds is 4. The second-order valence-electron chi connectivity index (χ2n) is 3.08. The molecule has 0 saturated heterocycles. The van der Waals surface area contributed by atoms with E-state index in [0.29, 0.717) is 6.29 Å². The summed E-state index contributed by atoms with van der Waals surface area (Å²) in [6.07, 6.45) is 3.65. The zero-order valence-corrected chi connectivity index (χ0v) is 7.72. The topological polar surface area (TPSA) is 17.1 Å². The van der Waals surface area contributed by atoms with E-state index in [1.165, 1.54) is 6.07 Å². The summed E-state index contributed by atoms with van der Waals surface area (Å²) in [6.45, 7) is 2.10. The van der Waals surface area contributed by atoms with Crippen molar-refractivity contribution in [2.45, 2.75) is 26.2 Å². The molecule has 0 aliphatic heterocycles. The van der Waals surface area contributed by atoms with Gasteiger partial charge in [0.05, 0.1) is 5.56 Å². The van der Waals surface area contributed by atoms with Gasteiger partial charge in [-0.15, -0.1) is 0 Å². The molecule has 1 aromatic carbocycles. The van der Waals surface area contributed by atoms with E-state index in [9.17, 15) is 9.18 Å². The molecule has 0 aliphatic rings. The third-order valence-corrected chi connectivity index (χ3v) is 2.01. The second-order valence-corrected chi connectivity index (χ2v) is 3.08. The van der Waals surface area contributed by atoms with Gasteiger partial charge in [-0.25, -0.2) is 4.39 Å². The van der Waals surface area contributed by atoms with Crippen LogP contribution in [0, 0.1) is 5.82 Å².